The van der Waals surface area contributed by atoms with Crippen molar-refractivity contribution in [2.75, 3.05) is 31.8 Å². The van der Waals surface area contributed by atoms with Crippen LogP contribution in [0.4, 0.5) is 0 Å². The molecule has 1 fully saturated rings. The predicted molar refractivity (Wildman–Crippen MR) is 118 cm³/mol. The lowest BCUT2D eigenvalue weighted by Gasteiger charge is -2.28. The number of hydrogen-bond donors (Lipinski definition) is 0. The van der Waals surface area contributed by atoms with Crippen LogP contribution in [0.5, 0.6) is 17.2 Å². The number of para-hydroxylation sites is 2. The van der Waals surface area contributed by atoms with Gasteiger partial charge in [0.05, 0.1) is 25.2 Å². The maximum atomic E-state index is 13.1. The van der Waals surface area contributed by atoms with Gasteiger partial charge in [-0.3, -0.25) is 4.79 Å². The van der Waals surface area contributed by atoms with Gasteiger partial charge in [-0.2, -0.15) is 0 Å². The molecule has 0 aromatic heterocycles. The van der Waals surface area contributed by atoms with Crippen molar-refractivity contribution in [2.24, 2.45) is 0 Å². The summed E-state index contributed by atoms with van der Waals surface area (Å²) in [7, 11) is -1.60. The van der Waals surface area contributed by atoms with E-state index in [1.54, 1.807) is 23.1 Å². The Morgan fingerprint density at radius 2 is 1.77 bits per heavy atom. The van der Waals surface area contributed by atoms with Gasteiger partial charge in [-0.25, -0.2) is 8.42 Å². The summed E-state index contributed by atoms with van der Waals surface area (Å²) in [6.45, 7) is 2.79. The first-order valence-electron chi connectivity index (χ1n) is 10.4. The summed E-state index contributed by atoms with van der Waals surface area (Å²) in [4.78, 5) is 14.7. The van der Waals surface area contributed by atoms with Gasteiger partial charge in [-0.05, 0) is 42.7 Å². The van der Waals surface area contributed by atoms with E-state index in [1.165, 1.54) is 7.11 Å². The minimum Gasteiger partial charge on any atom is -0.494 e. The highest BCUT2D eigenvalue weighted by Gasteiger charge is 2.34. The second-order valence-corrected chi connectivity index (χ2v) is 9.74. The van der Waals surface area contributed by atoms with E-state index >= 15 is 0 Å². The van der Waals surface area contributed by atoms with Crippen LogP contribution in [0.2, 0.25) is 0 Å². The van der Waals surface area contributed by atoms with Gasteiger partial charge < -0.3 is 19.1 Å². The number of rotatable bonds is 10. The van der Waals surface area contributed by atoms with Crippen LogP contribution in [0.25, 0.3) is 0 Å². The molecule has 0 bridgehead atoms. The largest absolute Gasteiger partial charge is 0.494 e. The van der Waals surface area contributed by atoms with Crippen molar-refractivity contribution in [1.82, 2.24) is 4.90 Å². The van der Waals surface area contributed by atoms with Crippen LogP contribution in [-0.2, 0) is 21.2 Å². The van der Waals surface area contributed by atoms with Crippen LogP contribution >= 0.6 is 0 Å². The zero-order valence-electron chi connectivity index (χ0n) is 18.0. The molecule has 1 aliphatic rings. The third kappa shape index (κ3) is 6.37. The standard InChI is InChI=1S/C23H29NO6S/c1-3-13-29-20-10-8-18(9-11-20)15-24(19-12-14-31(26,27)17-19)23(25)16-30-22-7-5-4-6-21(22)28-2/h4-11,19H,3,12-17H2,1-2H3. The second kappa shape index (κ2) is 10.5. The van der Waals surface area contributed by atoms with Crippen LogP contribution in [0.1, 0.15) is 25.3 Å². The summed E-state index contributed by atoms with van der Waals surface area (Å²) in [6, 6.07) is 14.3. The topological polar surface area (TPSA) is 82.1 Å². The van der Waals surface area contributed by atoms with Gasteiger partial charge in [-0.15, -0.1) is 0 Å². The van der Waals surface area contributed by atoms with E-state index in [0.29, 0.717) is 31.1 Å². The molecular weight excluding hydrogens is 418 g/mol. The maximum Gasteiger partial charge on any atom is 0.261 e. The van der Waals surface area contributed by atoms with E-state index in [1.807, 2.05) is 37.3 Å². The van der Waals surface area contributed by atoms with Crippen LogP contribution in [0.15, 0.2) is 48.5 Å². The van der Waals surface area contributed by atoms with E-state index in [4.69, 9.17) is 14.2 Å². The second-order valence-electron chi connectivity index (χ2n) is 7.51. The molecule has 0 saturated carbocycles. The Bertz CT molecular complexity index is 974. The lowest BCUT2D eigenvalue weighted by atomic mass is 10.1. The number of amides is 1. The van der Waals surface area contributed by atoms with Gasteiger partial charge in [0.1, 0.15) is 5.75 Å². The fraction of sp³-hybridized carbons (Fsp3) is 0.435. The number of hydrogen-bond acceptors (Lipinski definition) is 6. The van der Waals surface area contributed by atoms with Crippen molar-refractivity contribution in [3.8, 4) is 17.2 Å². The van der Waals surface area contributed by atoms with Crippen LogP contribution in [-0.4, -0.2) is 57.1 Å². The van der Waals surface area contributed by atoms with Gasteiger partial charge in [0, 0.05) is 12.6 Å². The molecule has 1 amide bonds. The molecule has 1 heterocycles. The SMILES string of the molecule is CCCOc1ccc(CN(C(=O)COc2ccccc2OC)C2CCS(=O)(=O)C2)cc1. The van der Waals surface area contributed by atoms with Crippen molar-refractivity contribution in [3.05, 3.63) is 54.1 Å². The lowest BCUT2D eigenvalue weighted by molar-refractivity contribution is -0.136. The molecule has 1 aliphatic heterocycles. The number of carbonyl (C=O) groups is 1. The van der Waals surface area contributed by atoms with Crippen molar-refractivity contribution in [3.63, 3.8) is 0 Å². The third-order valence-corrected chi connectivity index (χ3v) is 6.89. The fourth-order valence-electron chi connectivity index (χ4n) is 3.51. The van der Waals surface area contributed by atoms with E-state index in [2.05, 4.69) is 0 Å². The van der Waals surface area contributed by atoms with Crippen molar-refractivity contribution in [1.29, 1.82) is 0 Å². The third-order valence-electron chi connectivity index (χ3n) is 5.14. The number of methoxy groups -OCH3 is 1. The van der Waals surface area contributed by atoms with E-state index < -0.39 is 9.84 Å². The zero-order chi connectivity index (χ0) is 22.3. The minimum atomic E-state index is -3.14. The zero-order valence-corrected chi connectivity index (χ0v) is 18.8. The van der Waals surface area contributed by atoms with Crippen molar-refractivity contribution in [2.45, 2.75) is 32.4 Å². The molecule has 8 heteroatoms. The average molecular weight is 448 g/mol. The van der Waals surface area contributed by atoms with Gasteiger partial charge in [0.15, 0.2) is 27.9 Å². The number of benzene rings is 2. The van der Waals surface area contributed by atoms with Gasteiger partial charge >= 0.3 is 0 Å². The van der Waals surface area contributed by atoms with E-state index in [0.717, 1.165) is 17.7 Å². The van der Waals surface area contributed by atoms with Crippen LogP contribution in [0.3, 0.4) is 0 Å². The molecular formula is C23H29NO6S. The Morgan fingerprint density at radius 1 is 1.06 bits per heavy atom. The Balaban J connectivity index is 1.72. The number of ether oxygens (including phenoxy) is 3. The molecule has 168 valence electrons. The number of carbonyl (C=O) groups excluding carboxylic acids is 1. The molecule has 2 aromatic carbocycles. The molecule has 0 radical (unpaired) electrons. The van der Waals surface area contributed by atoms with E-state index in [9.17, 15) is 13.2 Å². The minimum absolute atomic E-state index is 0.0227. The Morgan fingerprint density at radius 3 is 2.39 bits per heavy atom. The Kier molecular flexibility index (Phi) is 7.79. The van der Waals surface area contributed by atoms with E-state index in [-0.39, 0.29) is 30.1 Å². The molecule has 2 aromatic rings. The molecule has 1 saturated heterocycles. The van der Waals surface area contributed by atoms with Crippen LogP contribution < -0.4 is 14.2 Å². The highest BCUT2D eigenvalue weighted by atomic mass is 32.2. The van der Waals surface area contributed by atoms with Gasteiger partial charge in [0.2, 0.25) is 0 Å². The van der Waals surface area contributed by atoms with Gasteiger partial charge in [0.25, 0.3) is 5.91 Å². The first-order valence-corrected chi connectivity index (χ1v) is 12.2. The quantitative estimate of drug-likeness (QED) is 0.557. The summed E-state index contributed by atoms with van der Waals surface area (Å²) in [5, 5.41) is 0. The highest BCUT2D eigenvalue weighted by Crippen LogP contribution is 2.26. The lowest BCUT2D eigenvalue weighted by Crippen LogP contribution is -2.43. The fourth-order valence-corrected chi connectivity index (χ4v) is 5.24. The summed E-state index contributed by atoms with van der Waals surface area (Å²) in [5.41, 5.74) is 0.902. The number of sulfone groups is 1. The Labute approximate surface area is 183 Å². The molecule has 3 rings (SSSR count). The smallest absolute Gasteiger partial charge is 0.261 e. The number of nitrogens with zero attached hydrogens (tertiary/aromatic N) is 1. The summed E-state index contributed by atoms with van der Waals surface area (Å²) < 4.78 is 40.6. The van der Waals surface area contributed by atoms with Crippen molar-refractivity contribution < 1.29 is 27.4 Å². The monoisotopic (exact) mass is 447 g/mol. The molecule has 1 atom stereocenters. The predicted octanol–water partition coefficient (Wildman–Crippen LogP) is 3.08. The molecule has 0 aliphatic carbocycles. The van der Waals surface area contributed by atoms with Crippen LogP contribution in [0, 0.1) is 0 Å². The highest BCUT2D eigenvalue weighted by molar-refractivity contribution is 7.91. The summed E-state index contributed by atoms with van der Waals surface area (Å²) in [6.07, 6.45) is 1.35. The molecule has 7 nitrogen and oxygen atoms in total. The molecule has 0 spiro atoms. The average Bonchev–Trinajstić information content (AvgIpc) is 3.14. The molecule has 1 unspecified atom stereocenters. The summed E-state index contributed by atoms with van der Waals surface area (Å²) >= 11 is 0. The first-order chi connectivity index (χ1) is 14.9. The van der Waals surface area contributed by atoms with Gasteiger partial charge in [-0.1, -0.05) is 31.2 Å². The molecule has 0 N–H and O–H groups in total. The Hall–Kier alpha value is -2.74. The normalized spacial score (nSPS) is 17.2. The van der Waals surface area contributed by atoms with Crippen molar-refractivity contribution >= 4 is 15.7 Å². The summed E-state index contributed by atoms with van der Waals surface area (Å²) in [5.74, 6) is 1.58. The first kappa shape index (κ1) is 22.9. The molecule has 31 heavy (non-hydrogen) atoms. The maximum absolute atomic E-state index is 13.1.